The van der Waals surface area contributed by atoms with Gasteiger partial charge in [0.2, 0.25) is 6.29 Å². The lowest BCUT2D eigenvalue weighted by Crippen LogP contribution is -2.65. The summed E-state index contributed by atoms with van der Waals surface area (Å²) in [6.07, 6.45) is -15.8. The lowest BCUT2D eigenvalue weighted by Gasteiger charge is -2.45. The molecule has 3 rings (SSSR count). The highest BCUT2D eigenvalue weighted by Gasteiger charge is 2.51. The normalized spacial score (nSPS) is 40.1. The molecule has 7 N–H and O–H groups in total. The van der Waals surface area contributed by atoms with Crippen LogP contribution in [0.4, 0.5) is 5.69 Å². The van der Waals surface area contributed by atoms with E-state index < -0.39 is 79.5 Å². The third kappa shape index (κ3) is 4.99. The molecule has 14 nitrogen and oxygen atoms in total. The number of rotatable bonds is 7. The first-order valence-electron chi connectivity index (χ1n) is 9.67. The summed E-state index contributed by atoms with van der Waals surface area (Å²) in [6, 6.07) is 4.80. The number of aliphatic hydroxyl groups is 7. The summed E-state index contributed by atoms with van der Waals surface area (Å²) in [7, 11) is 0. The molecule has 2 aliphatic heterocycles. The van der Waals surface area contributed by atoms with Gasteiger partial charge in [-0.25, -0.2) is 0 Å². The van der Waals surface area contributed by atoms with Gasteiger partial charge in [0, 0.05) is 12.1 Å². The van der Waals surface area contributed by atoms with Crippen LogP contribution in [0.2, 0.25) is 0 Å². The smallest absolute Gasteiger partial charge is 0.269 e. The van der Waals surface area contributed by atoms with E-state index in [9.17, 15) is 45.9 Å². The van der Waals surface area contributed by atoms with Gasteiger partial charge in [0.25, 0.3) is 5.69 Å². The molecule has 32 heavy (non-hydrogen) atoms. The first-order chi connectivity index (χ1) is 15.2. The molecule has 0 spiro atoms. The van der Waals surface area contributed by atoms with Crippen LogP contribution in [0.3, 0.4) is 0 Å². The molecule has 2 saturated heterocycles. The van der Waals surface area contributed by atoms with Crippen molar-refractivity contribution in [3.05, 3.63) is 34.4 Å². The Labute approximate surface area is 180 Å². The van der Waals surface area contributed by atoms with Crippen molar-refractivity contribution in [1.29, 1.82) is 0 Å². The van der Waals surface area contributed by atoms with E-state index in [1.54, 1.807) is 0 Å². The second kappa shape index (κ2) is 10.3. The third-order valence-corrected chi connectivity index (χ3v) is 5.26. The molecule has 10 atom stereocenters. The highest BCUT2D eigenvalue weighted by molar-refractivity contribution is 5.36. The minimum absolute atomic E-state index is 0.0586. The van der Waals surface area contributed by atoms with Gasteiger partial charge in [0.05, 0.1) is 18.1 Å². The Balaban J connectivity index is 1.81. The third-order valence-electron chi connectivity index (χ3n) is 5.26. The van der Waals surface area contributed by atoms with Gasteiger partial charge in [-0.3, -0.25) is 10.1 Å². The SMILES string of the molecule is O=[N+]([O-])c1ccc(O[C@H]2O[C@H](CO)[C@H](O)[C@H](O)[C@@H]2O[C@H]2O[C@H](CO)[C@H](O)[C@H](O)[C@@H]2O)cc1. The number of benzene rings is 1. The molecule has 2 fully saturated rings. The average molecular weight is 463 g/mol. The standard InChI is InChI=1S/C18H25NO13/c20-5-9-11(22)13(24)15(26)17(30-9)32-16-14(25)12(23)10(6-21)31-18(16)29-8-3-1-7(2-4-8)19(27)28/h1-4,9-18,20-26H,5-6H2/t9-,10-,11+,12+,13+,14+,15+,16+,17-,18+/m1/s1. The number of aliphatic hydroxyl groups excluding tert-OH is 7. The monoisotopic (exact) mass is 463 g/mol. The van der Waals surface area contributed by atoms with Crippen LogP contribution in [-0.4, -0.2) is 115 Å². The Morgan fingerprint density at radius 1 is 0.812 bits per heavy atom. The van der Waals surface area contributed by atoms with Gasteiger partial charge in [-0.1, -0.05) is 0 Å². The summed E-state index contributed by atoms with van der Waals surface area (Å²) in [5.41, 5.74) is -0.209. The second-order valence-corrected chi connectivity index (χ2v) is 7.37. The summed E-state index contributed by atoms with van der Waals surface area (Å²) in [5, 5.41) is 80.3. The van der Waals surface area contributed by atoms with E-state index in [0.717, 1.165) is 12.1 Å². The Hall–Kier alpha value is -1.98. The number of hydrogen-bond donors (Lipinski definition) is 7. The minimum Gasteiger partial charge on any atom is -0.462 e. The molecule has 14 heteroatoms. The van der Waals surface area contributed by atoms with Crippen LogP contribution in [0.15, 0.2) is 24.3 Å². The van der Waals surface area contributed by atoms with Crippen LogP contribution in [0.1, 0.15) is 0 Å². The number of hydrogen-bond acceptors (Lipinski definition) is 13. The maximum Gasteiger partial charge on any atom is 0.269 e. The van der Waals surface area contributed by atoms with Crippen LogP contribution in [0, 0.1) is 10.1 Å². The van der Waals surface area contributed by atoms with Crippen molar-refractivity contribution in [1.82, 2.24) is 0 Å². The molecular formula is C18H25NO13. The minimum atomic E-state index is -1.80. The molecule has 180 valence electrons. The van der Waals surface area contributed by atoms with E-state index >= 15 is 0 Å². The number of nitrogens with zero attached hydrogens (tertiary/aromatic N) is 1. The molecule has 0 bridgehead atoms. The van der Waals surface area contributed by atoms with Crippen molar-refractivity contribution in [2.45, 2.75) is 61.4 Å². The molecule has 1 aromatic carbocycles. The highest BCUT2D eigenvalue weighted by atomic mass is 16.8. The van der Waals surface area contributed by atoms with Crippen LogP contribution in [-0.2, 0) is 14.2 Å². The van der Waals surface area contributed by atoms with Crippen molar-refractivity contribution in [2.24, 2.45) is 0 Å². The molecule has 0 amide bonds. The van der Waals surface area contributed by atoms with Gasteiger partial charge in [-0.2, -0.15) is 0 Å². The number of non-ortho nitro benzene ring substituents is 1. The van der Waals surface area contributed by atoms with E-state index in [-0.39, 0.29) is 11.4 Å². The molecule has 0 aliphatic carbocycles. The van der Waals surface area contributed by atoms with Crippen molar-refractivity contribution in [3.63, 3.8) is 0 Å². The summed E-state index contributed by atoms with van der Waals surface area (Å²) in [4.78, 5) is 10.2. The van der Waals surface area contributed by atoms with E-state index in [2.05, 4.69) is 0 Å². The number of nitro groups is 1. The Bertz CT molecular complexity index is 762. The van der Waals surface area contributed by atoms with Gasteiger partial charge in [0.1, 0.15) is 48.5 Å². The topological polar surface area (TPSA) is 222 Å². The number of nitro benzene ring substituents is 1. The van der Waals surface area contributed by atoms with E-state index in [1.165, 1.54) is 12.1 Å². The zero-order valence-corrected chi connectivity index (χ0v) is 16.5. The largest absolute Gasteiger partial charge is 0.462 e. The molecular weight excluding hydrogens is 438 g/mol. The Kier molecular flexibility index (Phi) is 7.94. The van der Waals surface area contributed by atoms with Gasteiger partial charge in [-0.15, -0.1) is 0 Å². The maximum atomic E-state index is 10.8. The summed E-state index contributed by atoms with van der Waals surface area (Å²) in [5.74, 6) is 0.0586. The zero-order chi connectivity index (χ0) is 23.6. The zero-order valence-electron chi connectivity index (χ0n) is 16.5. The average Bonchev–Trinajstić information content (AvgIpc) is 2.78. The molecule has 0 radical (unpaired) electrons. The molecule has 0 aromatic heterocycles. The van der Waals surface area contributed by atoms with Crippen molar-refractivity contribution >= 4 is 5.69 Å². The van der Waals surface area contributed by atoms with E-state index in [1.807, 2.05) is 0 Å². The van der Waals surface area contributed by atoms with Gasteiger partial charge in [0.15, 0.2) is 12.4 Å². The van der Waals surface area contributed by atoms with E-state index in [4.69, 9.17) is 18.9 Å². The first-order valence-corrected chi connectivity index (χ1v) is 9.67. The van der Waals surface area contributed by atoms with Crippen LogP contribution < -0.4 is 4.74 Å². The fourth-order valence-electron chi connectivity index (χ4n) is 3.41. The van der Waals surface area contributed by atoms with Crippen LogP contribution in [0.5, 0.6) is 5.75 Å². The van der Waals surface area contributed by atoms with Gasteiger partial charge >= 0.3 is 0 Å². The van der Waals surface area contributed by atoms with Crippen LogP contribution in [0.25, 0.3) is 0 Å². The van der Waals surface area contributed by atoms with E-state index in [0.29, 0.717) is 0 Å². The number of ether oxygens (including phenoxy) is 4. The second-order valence-electron chi connectivity index (χ2n) is 7.37. The quantitative estimate of drug-likeness (QED) is 0.155. The Morgan fingerprint density at radius 3 is 1.88 bits per heavy atom. The molecule has 0 saturated carbocycles. The van der Waals surface area contributed by atoms with Gasteiger partial charge in [-0.05, 0) is 12.1 Å². The highest BCUT2D eigenvalue weighted by Crippen LogP contribution is 2.31. The molecule has 0 unspecified atom stereocenters. The van der Waals surface area contributed by atoms with Crippen molar-refractivity contribution < 1.29 is 59.6 Å². The summed E-state index contributed by atoms with van der Waals surface area (Å²) < 4.78 is 21.8. The fraction of sp³-hybridized carbons (Fsp3) is 0.667. The van der Waals surface area contributed by atoms with Gasteiger partial charge < -0.3 is 54.7 Å². The van der Waals surface area contributed by atoms with Crippen molar-refractivity contribution in [2.75, 3.05) is 13.2 Å². The predicted octanol–water partition coefficient (Wildman–Crippen LogP) is -3.40. The molecule has 2 heterocycles. The first kappa shape index (κ1) is 24.7. The molecule has 2 aliphatic rings. The molecule has 1 aromatic rings. The maximum absolute atomic E-state index is 10.8. The lowest BCUT2D eigenvalue weighted by molar-refractivity contribution is -0.384. The lowest BCUT2D eigenvalue weighted by atomic mass is 9.97. The van der Waals surface area contributed by atoms with Crippen molar-refractivity contribution in [3.8, 4) is 5.75 Å². The summed E-state index contributed by atoms with van der Waals surface area (Å²) in [6.45, 7) is -1.41. The predicted molar refractivity (Wildman–Crippen MR) is 100 cm³/mol. The summed E-state index contributed by atoms with van der Waals surface area (Å²) >= 11 is 0. The Morgan fingerprint density at radius 2 is 1.34 bits per heavy atom. The fourth-order valence-corrected chi connectivity index (χ4v) is 3.41. The van der Waals surface area contributed by atoms with Crippen LogP contribution >= 0.6 is 0 Å².